The summed E-state index contributed by atoms with van der Waals surface area (Å²) < 4.78 is 6.38. The van der Waals surface area contributed by atoms with Crippen LogP contribution in [-0.2, 0) is 13.2 Å². The monoisotopic (exact) mass is 404 g/mol. The van der Waals surface area contributed by atoms with Gasteiger partial charge in [0, 0.05) is 18.3 Å². The van der Waals surface area contributed by atoms with Gasteiger partial charge in [0.2, 0.25) is 4.77 Å². The van der Waals surface area contributed by atoms with Crippen molar-refractivity contribution >= 4 is 12.2 Å². The van der Waals surface area contributed by atoms with E-state index in [0.29, 0.717) is 11.4 Å². The Morgan fingerprint density at radius 1 is 1.03 bits per heavy atom. The van der Waals surface area contributed by atoms with Crippen LogP contribution in [0.4, 0.5) is 0 Å². The molecule has 0 saturated heterocycles. The molecule has 0 N–H and O–H groups in total. The number of benzene rings is 2. The number of rotatable bonds is 6. The molecule has 148 valence electrons. The predicted octanol–water partition coefficient (Wildman–Crippen LogP) is 4.30. The molecule has 0 spiro atoms. The molecule has 0 bridgehead atoms. The maximum absolute atomic E-state index is 5.67. The van der Waals surface area contributed by atoms with E-state index in [1.807, 2.05) is 50.5 Å². The molecule has 2 aromatic carbocycles. The molecule has 6 nitrogen and oxygen atoms in total. The molecule has 7 heteroatoms. The highest BCUT2D eigenvalue weighted by Gasteiger charge is 2.10. The first-order chi connectivity index (χ1) is 14.0. The number of nitrogens with zero attached hydrogens (tertiary/aromatic N) is 6. The van der Waals surface area contributed by atoms with E-state index in [4.69, 9.17) is 12.2 Å². The average molecular weight is 405 g/mol. The molecule has 2 aromatic heterocycles. The van der Waals surface area contributed by atoms with Crippen LogP contribution < -0.4 is 0 Å². The summed E-state index contributed by atoms with van der Waals surface area (Å²) in [6, 6.07) is 16.5. The van der Waals surface area contributed by atoms with Crippen LogP contribution in [0.1, 0.15) is 16.7 Å². The minimum Gasteiger partial charge on any atom is -0.283 e. The van der Waals surface area contributed by atoms with Gasteiger partial charge in [0.15, 0.2) is 0 Å². The first-order valence-electron chi connectivity index (χ1n) is 9.51. The maximum atomic E-state index is 5.67. The molecular formula is C22H24N6S. The summed E-state index contributed by atoms with van der Waals surface area (Å²) in [5.41, 5.74) is 5.68. The fraction of sp³-hybridized carbons (Fsp3) is 0.227. The fourth-order valence-electron chi connectivity index (χ4n) is 3.43. The predicted molar refractivity (Wildman–Crippen MR) is 117 cm³/mol. The van der Waals surface area contributed by atoms with Crippen LogP contribution in [0, 0.1) is 18.6 Å². The second-order valence-corrected chi connectivity index (χ2v) is 7.72. The first-order valence-corrected chi connectivity index (χ1v) is 9.92. The van der Waals surface area contributed by atoms with E-state index < -0.39 is 0 Å². The Balaban J connectivity index is 1.47. The van der Waals surface area contributed by atoms with Gasteiger partial charge in [-0.3, -0.25) is 9.47 Å². The van der Waals surface area contributed by atoms with Crippen molar-refractivity contribution < 1.29 is 0 Å². The van der Waals surface area contributed by atoms with Crippen molar-refractivity contribution in [3.63, 3.8) is 0 Å². The number of hydrogen-bond acceptors (Lipinski definition) is 4. The summed E-state index contributed by atoms with van der Waals surface area (Å²) in [6.45, 7) is 5.55. The van der Waals surface area contributed by atoms with Crippen molar-refractivity contribution in [1.82, 2.24) is 29.0 Å². The van der Waals surface area contributed by atoms with Crippen molar-refractivity contribution in [2.45, 2.75) is 27.1 Å². The molecule has 0 amide bonds. The molecule has 0 radical (unpaired) electrons. The van der Waals surface area contributed by atoms with Crippen LogP contribution in [-0.4, -0.2) is 36.1 Å². The zero-order chi connectivity index (χ0) is 20.4. The van der Waals surface area contributed by atoms with Gasteiger partial charge in [0.05, 0.1) is 24.2 Å². The zero-order valence-electron chi connectivity index (χ0n) is 16.9. The van der Waals surface area contributed by atoms with Gasteiger partial charge in [0.1, 0.15) is 6.33 Å². The van der Waals surface area contributed by atoms with E-state index >= 15 is 0 Å². The molecule has 4 aromatic rings. The van der Waals surface area contributed by atoms with Gasteiger partial charge in [-0.1, -0.05) is 35.9 Å². The molecular weight excluding hydrogens is 380 g/mol. The minimum absolute atomic E-state index is 0.604. The average Bonchev–Trinajstić information content (AvgIpc) is 3.30. The quantitative estimate of drug-likeness (QED) is 0.450. The molecule has 4 rings (SSSR count). The standard InChI is InChI=1S/C22H24N6S/c1-17-9-10-21(18(2)11-17)26-15-24-28(22(26)29)16-25(3)13-19-12-23-27(14-19)20-7-5-4-6-8-20/h4-12,14-15H,13,16H2,1-3H3. The van der Waals surface area contributed by atoms with Gasteiger partial charge in [-0.25, -0.2) is 9.36 Å². The van der Waals surface area contributed by atoms with Crippen LogP contribution in [0.5, 0.6) is 0 Å². The number of aromatic nitrogens is 5. The van der Waals surface area contributed by atoms with E-state index in [9.17, 15) is 0 Å². The Bertz CT molecular complexity index is 1170. The smallest absolute Gasteiger partial charge is 0.203 e. The minimum atomic E-state index is 0.604. The summed E-state index contributed by atoms with van der Waals surface area (Å²) >= 11 is 5.67. The fourth-order valence-corrected chi connectivity index (χ4v) is 3.68. The van der Waals surface area contributed by atoms with Crippen LogP contribution in [0.2, 0.25) is 0 Å². The number of aryl methyl sites for hydroxylation is 2. The van der Waals surface area contributed by atoms with E-state index in [1.54, 1.807) is 6.33 Å². The molecule has 29 heavy (non-hydrogen) atoms. The highest BCUT2D eigenvalue weighted by molar-refractivity contribution is 7.71. The third-order valence-corrected chi connectivity index (χ3v) is 5.24. The molecule has 0 saturated carbocycles. The van der Waals surface area contributed by atoms with E-state index in [1.165, 1.54) is 11.1 Å². The van der Waals surface area contributed by atoms with Gasteiger partial charge in [-0.15, -0.1) is 0 Å². The summed E-state index contributed by atoms with van der Waals surface area (Å²) in [6.07, 6.45) is 5.75. The van der Waals surface area contributed by atoms with Crippen molar-refractivity contribution in [1.29, 1.82) is 0 Å². The summed E-state index contributed by atoms with van der Waals surface area (Å²) in [4.78, 5) is 2.17. The molecule has 0 atom stereocenters. The Morgan fingerprint density at radius 2 is 1.83 bits per heavy atom. The van der Waals surface area contributed by atoms with Gasteiger partial charge < -0.3 is 0 Å². The molecule has 0 unspecified atom stereocenters. The van der Waals surface area contributed by atoms with Crippen LogP contribution in [0.15, 0.2) is 67.3 Å². The van der Waals surface area contributed by atoms with Crippen molar-refractivity contribution in [3.05, 3.63) is 88.7 Å². The van der Waals surface area contributed by atoms with Crippen molar-refractivity contribution in [2.24, 2.45) is 0 Å². The second kappa shape index (κ2) is 8.14. The van der Waals surface area contributed by atoms with Crippen LogP contribution in [0.25, 0.3) is 11.4 Å². The largest absolute Gasteiger partial charge is 0.283 e. The van der Waals surface area contributed by atoms with E-state index in [2.05, 4.69) is 60.4 Å². The summed E-state index contributed by atoms with van der Waals surface area (Å²) in [5.74, 6) is 0. The van der Waals surface area contributed by atoms with Gasteiger partial charge >= 0.3 is 0 Å². The lowest BCUT2D eigenvalue weighted by Crippen LogP contribution is -2.22. The Labute approximate surface area is 175 Å². The molecule has 0 aliphatic carbocycles. The van der Waals surface area contributed by atoms with E-state index in [-0.39, 0.29) is 0 Å². The molecule has 0 aliphatic heterocycles. The topological polar surface area (TPSA) is 43.8 Å². The maximum Gasteiger partial charge on any atom is 0.203 e. The molecule has 2 heterocycles. The Hall–Kier alpha value is -3.03. The summed E-state index contributed by atoms with van der Waals surface area (Å²) in [7, 11) is 2.05. The van der Waals surface area contributed by atoms with Gasteiger partial charge in [-0.05, 0) is 56.9 Å². The van der Waals surface area contributed by atoms with Crippen molar-refractivity contribution in [2.75, 3.05) is 7.05 Å². The highest BCUT2D eigenvalue weighted by atomic mass is 32.1. The van der Waals surface area contributed by atoms with Gasteiger partial charge in [0.25, 0.3) is 0 Å². The van der Waals surface area contributed by atoms with Crippen LogP contribution >= 0.6 is 12.2 Å². The van der Waals surface area contributed by atoms with Crippen molar-refractivity contribution in [3.8, 4) is 11.4 Å². The second-order valence-electron chi connectivity index (χ2n) is 7.36. The van der Waals surface area contributed by atoms with Crippen LogP contribution in [0.3, 0.4) is 0 Å². The zero-order valence-corrected chi connectivity index (χ0v) is 17.7. The Kier molecular flexibility index (Phi) is 5.42. The Morgan fingerprint density at radius 3 is 2.59 bits per heavy atom. The lowest BCUT2D eigenvalue weighted by molar-refractivity contribution is 0.244. The molecule has 0 aliphatic rings. The first kappa shape index (κ1) is 19.3. The third-order valence-electron chi connectivity index (χ3n) is 4.83. The lowest BCUT2D eigenvalue weighted by atomic mass is 10.1. The molecule has 0 fully saturated rings. The highest BCUT2D eigenvalue weighted by Crippen LogP contribution is 2.16. The number of para-hydroxylation sites is 1. The third kappa shape index (κ3) is 4.21. The normalized spacial score (nSPS) is 11.3. The lowest BCUT2D eigenvalue weighted by Gasteiger charge is -2.15. The van der Waals surface area contributed by atoms with Gasteiger partial charge in [-0.2, -0.15) is 10.2 Å². The van der Waals surface area contributed by atoms with E-state index in [0.717, 1.165) is 23.5 Å². The summed E-state index contributed by atoms with van der Waals surface area (Å²) in [5, 5.41) is 8.97. The SMILES string of the molecule is Cc1ccc(-n2cnn(CN(C)Cc3cnn(-c4ccccc4)c3)c2=S)c(C)c1. The number of hydrogen-bond donors (Lipinski definition) is 0.